The van der Waals surface area contributed by atoms with Crippen LogP contribution in [0.1, 0.15) is 27.7 Å². The van der Waals surface area contributed by atoms with Gasteiger partial charge in [0.25, 0.3) is 0 Å². The lowest BCUT2D eigenvalue weighted by Crippen LogP contribution is -2.41. The Bertz CT molecular complexity index is 214. The van der Waals surface area contributed by atoms with Gasteiger partial charge >= 0.3 is 6.09 Å². The molecule has 16 heavy (non-hydrogen) atoms. The first-order chi connectivity index (χ1) is 7.30. The molecule has 3 N–H and O–H groups in total. The van der Waals surface area contributed by atoms with Gasteiger partial charge in [0.1, 0.15) is 5.60 Å². The van der Waals surface area contributed by atoms with Gasteiger partial charge in [-0.15, -0.1) is 0 Å². The predicted octanol–water partition coefficient (Wildman–Crippen LogP) is 0.811. The van der Waals surface area contributed by atoms with E-state index in [2.05, 4.69) is 0 Å². The number of hydrogen-bond acceptors (Lipinski definition) is 4. The third kappa shape index (κ3) is 6.63. The van der Waals surface area contributed by atoms with Gasteiger partial charge in [-0.1, -0.05) is 6.92 Å². The summed E-state index contributed by atoms with van der Waals surface area (Å²) >= 11 is 0. The molecule has 0 heterocycles. The zero-order valence-electron chi connectivity index (χ0n) is 10.7. The second-order valence-electron chi connectivity index (χ2n) is 4.99. The maximum atomic E-state index is 11.8. The number of hydrogen-bond donors (Lipinski definition) is 2. The first-order valence-corrected chi connectivity index (χ1v) is 5.59. The summed E-state index contributed by atoms with van der Waals surface area (Å²) in [5.41, 5.74) is 4.99. The van der Waals surface area contributed by atoms with Crippen molar-refractivity contribution in [3.63, 3.8) is 0 Å². The smallest absolute Gasteiger partial charge is 0.410 e. The Kier molecular flexibility index (Phi) is 6.36. The monoisotopic (exact) mass is 232 g/mol. The third-order valence-corrected chi connectivity index (χ3v) is 1.96. The fourth-order valence-corrected chi connectivity index (χ4v) is 1.16. The number of amides is 1. The highest BCUT2D eigenvalue weighted by Crippen LogP contribution is 2.10. The Labute approximate surface area is 97.6 Å². The topological polar surface area (TPSA) is 75.8 Å². The molecule has 0 radical (unpaired) electrons. The fraction of sp³-hybridized carbons (Fsp3) is 0.909. The van der Waals surface area contributed by atoms with Crippen LogP contribution in [0.25, 0.3) is 0 Å². The van der Waals surface area contributed by atoms with E-state index in [9.17, 15) is 4.79 Å². The zero-order valence-corrected chi connectivity index (χ0v) is 10.7. The molecule has 0 unspecified atom stereocenters. The van der Waals surface area contributed by atoms with Crippen LogP contribution in [0.15, 0.2) is 0 Å². The Morgan fingerprint density at radius 1 is 1.50 bits per heavy atom. The Balaban J connectivity index is 4.34. The van der Waals surface area contributed by atoms with Crippen molar-refractivity contribution in [1.29, 1.82) is 0 Å². The van der Waals surface area contributed by atoms with Crippen molar-refractivity contribution in [1.82, 2.24) is 4.90 Å². The van der Waals surface area contributed by atoms with Crippen LogP contribution >= 0.6 is 0 Å². The van der Waals surface area contributed by atoms with Gasteiger partial charge in [0.05, 0.1) is 6.61 Å². The van der Waals surface area contributed by atoms with E-state index in [0.717, 1.165) is 0 Å². The molecule has 0 spiro atoms. The number of aliphatic hydroxyl groups excluding tert-OH is 1. The van der Waals surface area contributed by atoms with Gasteiger partial charge in [-0.05, 0) is 33.2 Å². The zero-order chi connectivity index (χ0) is 12.8. The maximum Gasteiger partial charge on any atom is 0.410 e. The summed E-state index contributed by atoms with van der Waals surface area (Å²) in [6.07, 6.45) is -0.401. The minimum absolute atomic E-state index is 0.0729. The molecule has 0 aromatic rings. The molecule has 0 aliphatic rings. The van der Waals surface area contributed by atoms with Gasteiger partial charge in [0.15, 0.2) is 0 Å². The van der Waals surface area contributed by atoms with Crippen LogP contribution in [-0.4, -0.2) is 47.9 Å². The SMILES string of the molecule is C[C@@H](CN)CN(CCO)C(=O)OC(C)(C)C. The molecule has 0 aliphatic heterocycles. The van der Waals surface area contributed by atoms with Crippen molar-refractivity contribution in [3.05, 3.63) is 0 Å². The molecule has 0 rings (SSSR count). The van der Waals surface area contributed by atoms with E-state index >= 15 is 0 Å². The van der Waals surface area contributed by atoms with Crippen molar-refractivity contribution >= 4 is 6.09 Å². The highest BCUT2D eigenvalue weighted by atomic mass is 16.6. The normalized spacial score (nSPS) is 13.4. The number of rotatable bonds is 5. The first-order valence-electron chi connectivity index (χ1n) is 5.59. The number of aliphatic hydroxyl groups is 1. The van der Waals surface area contributed by atoms with E-state index in [-0.39, 0.29) is 19.1 Å². The summed E-state index contributed by atoms with van der Waals surface area (Å²) in [4.78, 5) is 13.2. The van der Waals surface area contributed by atoms with Crippen LogP contribution in [-0.2, 0) is 4.74 Å². The lowest BCUT2D eigenvalue weighted by molar-refractivity contribution is 0.0194. The molecule has 0 saturated carbocycles. The summed E-state index contributed by atoms with van der Waals surface area (Å²) in [6, 6.07) is 0. The van der Waals surface area contributed by atoms with Gasteiger partial charge < -0.3 is 20.5 Å². The molecule has 0 saturated heterocycles. The highest BCUT2D eigenvalue weighted by molar-refractivity contribution is 5.68. The summed E-state index contributed by atoms with van der Waals surface area (Å²) < 4.78 is 5.23. The van der Waals surface area contributed by atoms with Crippen LogP contribution in [0.2, 0.25) is 0 Å². The van der Waals surface area contributed by atoms with Gasteiger partial charge in [-0.3, -0.25) is 0 Å². The molecule has 1 atom stereocenters. The van der Waals surface area contributed by atoms with E-state index in [1.54, 1.807) is 0 Å². The average molecular weight is 232 g/mol. The van der Waals surface area contributed by atoms with Crippen LogP contribution in [0.3, 0.4) is 0 Å². The van der Waals surface area contributed by atoms with E-state index in [0.29, 0.717) is 13.1 Å². The second kappa shape index (κ2) is 6.70. The number of nitrogens with two attached hydrogens (primary N) is 1. The van der Waals surface area contributed by atoms with Crippen LogP contribution in [0.5, 0.6) is 0 Å². The Morgan fingerprint density at radius 2 is 2.06 bits per heavy atom. The lowest BCUT2D eigenvalue weighted by Gasteiger charge is -2.28. The Hall–Kier alpha value is -0.810. The molecule has 0 aromatic carbocycles. The molecular weight excluding hydrogens is 208 g/mol. The van der Waals surface area contributed by atoms with Gasteiger partial charge in [0, 0.05) is 13.1 Å². The molecule has 0 aromatic heterocycles. The number of carbonyl (C=O) groups excluding carboxylic acids is 1. The summed E-state index contributed by atoms with van der Waals surface area (Å²) in [6.45, 7) is 8.61. The molecule has 5 heteroatoms. The van der Waals surface area contributed by atoms with Gasteiger partial charge in [-0.2, -0.15) is 0 Å². The van der Waals surface area contributed by atoms with E-state index in [4.69, 9.17) is 15.6 Å². The summed E-state index contributed by atoms with van der Waals surface area (Å²) in [5, 5.41) is 8.89. The number of carbonyl (C=O) groups is 1. The van der Waals surface area contributed by atoms with Crippen molar-refractivity contribution in [3.8, 4) is 0 Å². The molecule has 0 aliphatic carbocycles. The fourth-order valence-electron chi connectivity index (χ4n) is 1.16. The van der Waals surface area contributed by atoms with Crippen molar-refractivity contribution in [2.24, 2.45) is 11.7 Å². The maximum absolute atomic E-state index is 11.8. The minimum atomic E-state index is -0.517. The van der Waals surface area contributed by atoms with E-state index in [1.165, 1.54) is 4.90 Å². The van der Waals surface area contributed by atoms with Crippen molar-refractivity contribution in [2.75, 3.05) is 26.2 Å². The molecule has 0 fully saturated rings. The second-order valence-corrected chi connectivity index (χ2v) is 4.99. The van der Waals surface area contributed by atoms with Crippen LogP contribution in [0.4, 0.5) is 4.79 Å². The summed E-state index contributed by atoms with van der Waals surface area (Å²) in [7, 11) is 0. The largest absolute Gasteiger partial charge is 0.444 e. The van der Waals surface area contributed by atoms with E-state index in [1.807, 2.05) is 27.7 Å². The molecule has 96 valence electrons. The number of nitrogens with zero attached hydrogens (tertiary/aromatic N) is 1. The van der Waals surface area contributed by atoms with Crippen LogP contribution in [0, 0.1) is 5.92 Å². The van der Waals surface area contributed by atoms with Crippen molar-refractivity contribution in [2.45, 2.75) is 33.3 Å². The Morgan fingerprint density at radius 3 is 2.44 bits per heavy atom. The molecule has 5 nitrogen and oxygen atoms in total. The van der Waals surface area contributed by atoms with Gasteiger partial charge in [0.2, 0.25) is 0 Å². The molecule has 1 amide bonds. The van der Waals surface area contributed by atoms with Gasteiger partial charge in [-0.25, -0.2) is 4.79 Å². The molecule has 0 bridgehead atoms. The lowest BCUT2D eigenvalue weighted by atomic mass is 10.1. The van der Waals surface area contributed by atoms with Crippen LogP contribution < -0.4 is 5.73 Å². The standard InChI is InChI=1S/C11H24N2O3/c1-9(7-12)8-13(5-6-14)10(15)16-11(2,3)4/h9,14H,5-8,12H2,1-4H3/t9-/m0/s1. The highest BCUT2D eigenvalue weighted by Gasteiger charge is 2.22. The summed E-state index contributed by atoms with van der Waals surface area (Å²) in [5.74, 6) is 0.194. The van der Waals surface area contributed by atoms with E-state index < -0.39 is 11.7 Å². The predicted molar refractivity (Wildman–Crippen MR) is 63.1 cm³/mol. The quantitative estimate of drug-likeness (QED) is 0.735. The third-order valence-electron chi connectivity index (χ3n) is 1.96. The average Bonchev–Trinajstić information content (AvgIpc) is 2.14. The molecular formula is C11H24N2O3. The first kappa shape index (κ1) is 15.2. The minimum Gasteiger partial charge on any atom is -0.444 e. The van der Waals surface area contributed by atoms with Crippen molar-refractivity contribution < 1.29 is 14.6 Å². The number of ether oxygens (including phenoxy) is 1.